The van der Waals surface area contributed by atoms with Crippen molar-refractivity contribution in [3.8, 4) is 0 Å². The van der Waals surface area contributed by atoms with Crippen molar-refractivity contribution < 1.29 is 14.7 Å². The maximum absolute atomic E-state index is 10.8. The lowest BCUT2D eigenvalue weighted by Gasteiger charge is -2.51. The van der Waals surface area contributed by atoms with Crippen molar-refractivity contribution in [3.05, 3.63) is 0 Å². The number of fused-ring (bicyclic) bond motifs is 1. The van der Waals surface area contributed by atoms with E-state index in [1.54, 1.807) is 0 Å². The monoisotopic (exact) mass is 209 g/mol. The van der Waals surface area contributed by atoms with Crippen molar-refractivity contribution in [1.82, 2.24) is 0 Å². The van der Waals surface area contributed by atoms with Gasteiger partial charge < -0.3 is 5.11 Å². The number of isocyanates is 1. The van der Waals surface area contributed by atoms with Gasteiger partial charge in [0.1, 0.15) is 0 Å². The van der Waals surface area contributed by atoms with E-state index in [9.17, 15) is 9.59 Å². The van der Waals surface area contributed by atoms with E-state index in [2.05, 4.69) is 4.99 Å². The highest BCUT2D eigenvalue weighted by Crippen LogP contribution is 2.60. The number of carboxylic acid groups (broad SMARTS) is 1. The number of nitrogens with zero attached hydrogens (tertiary/aromatic N) is 1. The molecule has 0 bridgehead atoms. The molecule has 2 aliphatic carbocycles. The molecule has 0 amide bonds. The Balaban J connectivity index is 2.09. The van der Waals surface area contributed by atoms with Gasteiger partial charge in [0.15, 0.2) is 0 Å². The molecule has 0 heterocycles. The molecule has 3 unspecified atom stereocenters. The number of rotatable bonds is 4. The van der Waals surface area contributed by atoms with Gasteiger partial charge in [-0.3, -0.25) is 4.79 Å². The molecule has 0 saturated heterocycles. The number of carbonyl (C=O) groups excluding carboxylic acids is 1. The molecule has 15 heavy (non-hydrogen) atoms. The highest BCUT2D eigenvalue weighted by atomic mass is 16.4. The summed E-state index contributed by atoms with van der Waals surface area (Å²) in [4.78, 5) is 24.6. The number of carboxylic acids is 1. The summed E-state index contributed by atoms with van der Waals surface area (Å²) in [6.07, 6.45) is 6.12. The third-order valence-electron chi connectivity index (χ3n) is 4.08. The fourth-order valence-electron chi connectivity index (χ4n) is 3.53. The van der Waals surface area contributed by atoms with Gasteiger partial charge in [-0.2, -0.15) is 0 Å². The van der Waals surface area contributed by atoms with Crippen LogP contribution in [0.2, 0.25) is 0 Å². The van der Waals surface area contributed by atoms with Gasteiger partial charge in [-0.05, 0) is 24.7 Å². The summed E-state index contributed by atoms with van der Waals surface area (Å²) in [7, 11) is 0. The van der Waals surface area contributed by atoms with Crippen LogP contribution in [0.3, 0.4) is 0 Å². The number of hydrogen-bond donors (Lipinski definition) is 1. The maximum atomic E-state index is 10.8. The van der Waals surface area contributed by atoms with E-state index >= 15 is 0 Å². The van der Waals surface area contributed by atoms with Crippen LogP contribution in [0.25, 0.3) is 0 Å². The fourth-order valence-corrected chi connectivity index (χ4v) is 3.53. The molecule has 2 saturated carbocycles. The van der Waals surface area contributed by atoms with Crippen LogP contribution in [-0.2, 0) is 9.59 Å². The number of carbonyl (C=O) groups is 1. The molecular weight excluding hydrogens is 194 g/mol. The molecule has 4 nitrogen and oxygen atoms in total. The summed E-state index contributed by atoms with van der Waals surface area (Å²) in [5, 5.41) is 8.89. The number of aliphatic imine (C=N–C) groups is 1. The minimum atomic E-state index is -0.776. The van der Waals surface area contributed by atoms with Crippen molar-refractivity contribution in [2.75, 3.05) is 6.54 Å². The molecule has 0 aromatic rings. The van der Waals surface area contributed by atoms with Gasteiger partial charge >= 0.3 is 5.97 Å². The first-order chi connectivity index (χ1) is 7.18. The summed E-state index contributed by atoms with van der Waals surface area (Å²) < 4.78 is 0. The third kappa shape index (κ3) is 1.70. The van der Waals surface area contributed by atoms with E-state index < -0.39 is 5.97 Å². The van der Waals surface area contributed by atoms with Crippen LogP contribution in [0.5, 0.6) is 0 Å². The quantitative estimate of drug-likeness (QED) is 0.565. The predicted molar refractivity (Wildman–Crippen MR) is 53.1 cm³/mol. The Hall–Kier alpha value is -1.15. The average Bonchev–Trinajstić information content (AvgIpc) is 2.55. The van der Waals surface area contributed by atoms with Crippen LogP contribution in [0, 0.1) is 17.3 Å². The van der Waals surface area contributed by atoms with Crippen LogP contribution in [-0.4, -0.2) is 23.7 Å². The minimum absolute atomic E-state index is 0.152. The second-order valence-electron chi connectivity index (χ2n) is 4.84. The van der Waals surface area contributed by atoms with Gasteiger partial charge in [0.2, 0.25) is 6.08 Å². The van der Waals surface area contributed by atoms with Crippen LogP contribution in [0.1, 0.15) is 32.1 Å². The van der Waals surface area contributed by atoms with Crippen LogP contribution >= 0.6 is 0 Å². The zero-order valence-corrected chi connectivity index (χ0v) is 8.61. The first kappa shape index (κ1) is 10.4. The highest BCUT2D eigenvalue weighted by molar-refractivity contribution is 5.68. The van der Waals surface area contributed by atoms with E-state index in [-0.39, 0.29) is 11.8 Å². The lowest BCUT2D eigenvalue weighted by atomic mass is 9.53. The zero-order valence-electron chi connectivity index (χ0n) is 8.61. The van der Waals surface area contributed by atoms with Gasteiger partial charge in [-0.1, -0.05) is 12.8 Å². The first-order valence-corrected chi connectivity index (χ1v) is 5.43. The Morgan fingerprint density at radius 2 is 2.33 bits per heavy atom. The molecule has 0 radical (unpaired) electrons. The Bertz CT molecular complexity index is 316. The zero-order chi connectivity index (χ0) is 10.9. The number of aliphatic carboxylic acids is 1. The van der Waals surface area contributed by atoms with Gasteiger partial charge in [0, 0.05) is 5.41 Å². The largest absolute Gasteiger partial charge is 0.481 e. The molecule has 2 aliphatic rings. The number of hydrogen-bond acceptors (Lipinski definition) is 3. The van der Waals surface area contributed by atoms with Crippen molar-refractivity contribution in [3.63, 3.8) is 0 Å². The second kappa shape index (κ2) is 3.78. The molecule has 0 aromatic carbocycles. The lowest BCUT2D eigenvalue weighted by molar-refractivity contribution is -0.145. The van der Waals surface area contributed by atoms with Crippen molar-refractivity contribution in [2.45, 2.75) is 32.1 Å². The van der Waals surface area contributed by atoms with E-state index in [0.29, 0.717) is 18.4 Å². The van der Waals surface area contributed by atoms with Crippen molar-refractivity contribution in [2.24, 2.45) is 22.2 Å². The summed E-state index contributed by atoms with van der Waals surface area (Å²) >= 11 is 0. The Morgan fingerprint density at radius 1 is 1.53 bits per heavy atom. The van der Waals surface area contributed by atoms with E-state index in [1.807, 2.05) is 0 Å². The maximum Gasteiger partial charge on any atom is 0.303 e. The van der Waals surface area contributed by atoms with Gasteiger partial charge in [0.05, 0.1) is 13.0 Å². The topological polar surface area (TPSA) is 66.7 Å². The molecular formula is C11H15NO3. The summed E-state index contributed by atoms with van der Waals surface area (Å²) in [6.45, 7) is 0.351. The van der Waals surface area contributed by atoms with Gasteiger partial charge in [0.25, 0.3) is 0 Å². The molecule has 0 spiro atoms. The Kier molecular flexibility index (Phi) is 2.61. The van der Waals surface area contributed by atoms with E-state index in [1.165, 1.54) is 18.9 Å². The van der Waals surface area contributed by atoms with Crippen LogP contribution < -0.4 is 0 Å². The lowest BCUT2D eigenvalue weighted by Crippen LogP contribution is -2.48. The van der Waals surface area contributed by atoms with Crippen molar-refractivity contribution >= 4 is 12.0 Å². The predicted octanol–water partition coefficient (Wildman–Crippen LogP) is 1.60. The second-order valence-corrected chi connectivity index (χ2v) is 4.84. The first-order valence-electron chi connectivity index (χ1n) is 5.43. The molecule has 2 rings (SSSR count). The average molecular weight is 209 g/mol. The molecule has 1 N–H and O–H groups in total. The smallest absolute Gasteiger partial charge is 0.303 e. The summed E-state index contributed by atoms with van der Waals surface area (Å²) in [6, 6.07) is 0. The van der Waals surface area contributed by atoms with Crippen LogP contribution in [0.4, 0.5) is 0 Å². The van der Waals surface area contributed by atoms with E-state index in [4.69, 9.17) is 5.11 Å². The SMILES string of the molecule is O=C=NCC1(CC(=O)O)CC2CCCC21. The van der Waals surface area contributed by atoms with Crippen molar-refractivity contribution in [1.29, 1.82) is 0 Å². The fraction of sp³-hybridized carbons (Fsp3) is 0.818. The third-order valence-corrected chi connectivity index (χ3v) is 4.08. The summed E-state index contributed by atoms with van der Waals surface area (Å²) in [5.74, 6) is 0.387. The molecule has 82 valence electrons. The molecule has 0 aliphatic heterocycles. The van der Waals surface area contributed by atoms with E-state index in [0.717, 1.165) is 12.8 Å². The molecule has 2 fully saturated rings. The van der Waals surface area contributed by atoms with Gasteiger partial charge in [-0.25, -0.2) is 9.79 Å². The molecule has 0 aromatic heterocycles. The Morgan fingerprint density at radius 3 is 2.93 bits per heavy atom. The Labute approximate surface area is 88.4 Å². The highest BCUT2D eigenvalue weighted by Gasteiger charge is 2.55. The standard InChI is InChI=1S/C11H15NO3/c13-7-12-6-11(5-10(14)15)4-8-2-1-3-9(8)11/h8-9H,1-6H2,(H,14,15). The molecule has 3 atom stereocenters. The molecule has 4 heteroatoms. The van der Waals surface area contributed by atoms with Crippen LogP contribution in [0.15, 0.2) is 4.99 Å². The minimum Gasteiger partial charge on any atom is -0.481 e. The van der Waals surface area contributed by atoms with Gasteiger partial charge in [-0.15, -0.1) is 0 Å². The normalized spacial score (nSPS) is 37.6. The summed E-state index contributed by atoms with van der Waals surface area (Å²) in [5.41, 5.74) is -0.232.